The van der Waals surface area contributed by atoms with Crippen LogP contribution in [0.2, 0.25) is 5.02 Å². The van der Waals surface area contributed by atoms with E-state index in [2.05, 4.69) is 5.10 Å². The molecule has 1 N–H and O–H groups in total. The van der Waals surface area contributed by atoms with Gasteiger partial charge >= 0.3 is 0 Å². The van der Waals surface area contributed by atoms with E-state index >= 15 is 0 Å². The predicted octanol–water partition coefficient (Wildman–Crippen LogP) is 7.33. The molecule has 0 aliphatic carbocycles. The van der Waals surface area contributed by atoms with E-state index in [1.807, 2.05) is 60.7 Å². The first-order valence-corrected chi connectivity index (χ1v) is 12.0. The zero-order valence-corrected chi connectivity index (χ0v) is 20.9. The maximum absolute atomic E-state index is 13.7. The number of nitrogens with zero attached hydrogens (tertiary/aromatic N) is 3. The number of hydrogen-bond acceptors (Lipinski definition) is 5. The van der Waals surface area contributed by atoms with E-state index in [1.165, 1.54) is 28.9 Å². The molecule has 0 aliphatic rings. The number of nitrogens with one attached hydrogen (secondary N) is 1. The number of non-ortho nitro benzene ring substituents is 1. The van der Waals surface area contributed by atoms with Crippen LogP contribution in [0.1, 0.15) is 12.5 Å². The van der Waals surface area contributed by atoms with Crippen LogP contribution in [0.4, 0.5) is 11.4 Å². The van der Waals surface area contributed by atoms with Crippen molar-refractivity contribution in [2.75, 3.05) is 0 Å². The molecule has 188 valence electrons. The van der Waals surface area contributed by atoms with E-state index in [9.17, 15) is 14.9 Å². The van der Waals surface area contributed by atoms with Crippen molar-refractivity contribution in [3.8, 4) is 28.4 Å². The van der Waals surface area contributed by atoms with Crippen LogP contribution in [0, 0.1) is 10.1 Å². The summed E-state index contributed by atoms with van der Waals surface area (Å²) in [5, 5.41) is 14.7. The summed E-state index contributed by atoms with van der Waals surface area (Å²) in [6, 6.07) is 29.5. The minimum atomic E-state index is -0.487. The number of H-pyrrole nitrogens is 1. The van der Waals surface area contributed by atoms with Crippen LogP contribution in [0.15, 0.2) is 113 Å². The van der Waals surface area contributed by atoms with E-state index in [0.717, 1.165) is 5.56 Å². The average molecular weight is 525 g/mol. The zero-order chi connectivity index (χ0) is 26.6. The van der Waals surface area contributed by atoms with Crippen molar-refractivity contribution >= 4 is 28.7 Å². The smallest absolute Gasteiger partial charge is 0.280 e. The SMILES string of the molecule is CC(=Nc1cc(Cl)ccc1Oc1ccccc1)c1c(-c2ccccc2)[nH]n(-c2ccc([N+](=O)[O-])cc2)c1=O. The molecule has 0 aliphatic heterocycles. The van der Waals surface area contributed by atoms with Gasteiger partial charge in [-0.1, -0.05) is 60.1 Å². The highest BCUT2D eigenvalue weighted by Crippen LogP contribution is 2.35. The number of ether oxygens (including phenoxy) is 1. The molecular weight excluding hydrogens is 504 g/mol. The zero-order valence-electron chi connectivity index (χ0n) is 20.2. The van der Waals surface area contributed by atoms with Gasteiger partial charge in [-0.15, -0.1) is 0 Å². The average Bonchev–Trinajstić information content (AvgIpc) is 3.28. The number of aromatic amines is 1. The number of benzene rings is 4. The van der Waals surface area contributed by atoms with Crippen LogP contribution >= 0.6 is 11.6 Å². The Labute approximate surface area is 222 Å². The summed E-state index contributed by atoms with van der Waals surface area (Å²) >= 11 is 6.28. The molecule has 5 aromatic rings. The quantitative estimate of drug-likeness (QED) is 0.137. The van der Waals surface area contributed by atoms with Gasteiger partial charge in [-0.25, -0.2) is 9.67 Å². The first-order chi connectivity index (χ1) is 18.4. The van der Waals surface area contributed by atoms with Gasteiger partial charge in [0.25, 0.3) is 11.2 Å². The van der Waals surface area contributed by atoms with Crippen LogP contribution in [0.3, 0.4) is 0 Å². The number of hydrogen-bond donors (Lipinski definition) is 1. The number of nitro benzene ring substituents is 1. The fourth-order valence-corrected chi connectivity index (χ4v) is 4.17. The van der Waals surface area contributed by atoms with Crippen molar-refractivity contribution in [2.45, 2.75) is 6.92 Å². The molecule has 38 heavy (non-hydrogen) atoms. The van der Waals surface area contributed by atoms with E-state index in [4.69, 9.17) is 21.3 Å². The lowest BCUT2D eigenvalue weighted by atomic mass is 10.1. The van der Waals surface area contributed by atoms with Crippen LogP contribution in [0.5, 0.6) is 11.5 Å². The Balaban J connectivity index is 1.64. The van der Waals surface area contributed by atoms with Gasteiger partial charge in [0.15, 0.2) is 5.75 Å². The van der Waals surface area contributed by atoms with Crippen LogP contribution in [-0.2, 0) is 0 Å². The van der Waals surface area contributed by atoms with E-state index in [0.29, 0.717) is 44.9 Å². The summed E-state index contributed by atoms with van der Waals surface area (Å²) in [6.45, 7) is 1.74. The second-order valence-corrected chi connectivity index (χ2v) is 8.80. The lowest BCUT2D eigenvalue weighted by Crippen LogP contribution is -2.19. The molecule has 0 unspecified atom stereocenters. The summed E-state index contributed by atoms with van der Waals surface area (Å²) < 4.78 is 7.39. The van der Waals surface area contributed by atoms with Gasteiger partial charge in [0, 0.05) is 22.7 Å². The Morgan fingerprint density at radius 2 is 1.61 bits per heavy atom. The van der Waals surface area contributed by atoms with Crippen LogP contribution in [-0.4, -0.2) is 20.4 Å². The molecule has 1 heterocycles. The fourth-order valence-electron chi connectivity index (χ4n) is 4.01. The van der Waals surface area contributed by atoms with Crippen molar-refractivity contribution in [1.82, 2.24) is 9.78 Å². The number of aromatic nitrogens is 2. The molecule has 4 aromatic carbocycles. The Kier molecular flexibility index (Phi) is 6.88. The summed E-state index contributed by atoms with van der Waals surface area (Å²) in [4.78, 5) is 29.1. The molecule has 0 fully saturated rings. The third kappa shape index (κ3) is 5.11. The maximum Gasteiger partial charge on any atom is 0.280 e. The van der Waals surface area contributed by atoms with E-state index < -0.39 is 4.92 Å². The van der Waals surface area contributed by atoms with E-state index in [-0.39, 0.29) is 11.2 Å². The Morgan fingerprint density at radius 1 is 0.947 bits per heavy atom. The van der Waals surface area contributed by atoms with Crippen LogP contribution in [0.25, 0.3) is 16.9 Å². The Morgan fingerprint density at radius 3 is 2.26 bits per heavy atom. The molecule has 0 amide bonds. The standard InChI is InChI=1S/C29H21ClN4O4/c1-19(31-25-18-21(30)12-17-26(25)38-24-10-6-3-7-11-24)27-28(20-8-4-2-5-9-20)32-33(29(27)35)22-13-15-23(16-14-22)34(36)37/h2-18,32H,1H3. The number of para-hydroxylation sites is 1. The normalized spacial score (nSPS) is 11.4. The Bertz CT molecular complexity index is 1690. The number of aliphatic imine (C=N–C) groups is 1. The van der Waals surface area contributed by atoms with Crippen molar-refractivity contribution in [3.05, 3.63) is 134 Å². The lowest BCUT2D eigenvalue weighted by molar-refractivity contribution is -0.384. The number of halogens is 1. The second-order valence-electron chi connectivity index (χ2n) is 8.37. The Hall–Kier alpha value is -4.95. The van der Waals surface area contributed by atoms with Gasteiger partial charge in [0.2, 0.25) is 0 Å². The number of nitro groups is 1. The minimum Gasteiger partial charge on any atom is -0.455 e. The summed E-state index contributed by atoms with van der Waals surface area (Å²) in [7, 11) is 0. The highest BCUT2D eigenvalue weighted by Gasteiger charge is 2.20. The van der Waals surface area contributed by atoms with Gasteiger partial charge in [-0.2, -0.15) is 0 Å². The molecule has 5 rings (SSSR count). The molecule has 0 saturated carbocycles. The van der Waals surface area contributed by atoms with Gasteiger partial charge in [-0.05, 0) is 49.4 Å². The molecule has 0 spiro atoms. The third-order valence-corrected chi connectivity index (χ3v) is 6.05. The van der Waals surface area contributed by atoms with E-state index in [1.54, 1.807) is 25.1 Å². The molecule has 8 nitrogen and oxygen atoms in total. The van der Waals surface area contributed by atoms with Crippen LogP contribution < -0.4 is 10.3 Å². The maximum atomic E-state index is 13.7. The minimum absolute atomic E-state index is 0.0680. The van der Waals surface area contributed by atoms with Crippen molar-refractivity contribution in [1.29, 1.82) is 0 Å². The van der Waals surface area contributed by atoms with Crippen molar-refractivity contribution < 1.29 is 9.66 Å². The predicted molar refractivity (Wildman–Crippen MR) is 148 cm³/mol. The molecule has 0 saturated heterocycles. The van der Waals surface area contributed by atoms with Crippen molar-refractivity contribution in [2.24, 2.45) is 4.99 Å². The molecule has 0 bridgehead atoms. The summed E-state index contributed by atoms with van der Waals surface area (Å²) in [5.41, 5.74) is 2.61. The molecule has 9 heteroatoms. The first kappa shape index (κ1) is 24.7. The third-order valence-electron chi connectivity index (χ3n) is 5.81. The summed E-state index contributed by atoms with van der Waals surface area (Å²) in [5.74, 6) is 1.11. The molecule has 1 aromatic heterocycles. The monoisotopic (exact) mass is 524 g/mol. The topological polar surface area (TPSA) is 103 Å². The van der Waals surface area contributed by atoms with Gasteiger partial charge < -0.3 is 4.74 Å². The van der Waals surface area contributed by atoms with Gasteiger partial charge in [0.1, 0.15) is 11.4 Å². The van der Waals surface area contributed by atoms with Crippen molar-refractivity contribution in [3.63, 3.8) is 0 Å². The molecular formula is C29H21ClN4O4. The highest BCUT2D eigenvalue weighted by molar-refractivity contribution is 6.31. The fraction of sp³-hybridized carbons (Fsp3) is 0.0345. The first-order valence-electron chi connectivity index (χ1n) is 11.6. The largest absolute Gasteiger partial charge is 0.455 e. The second kappa shape index (κ2) is 10.6. The lowest BCUT2D eigenvalue weighted by Gasteiger charge is -2.10. The van der Waals surface area contributed by atoms with Gasteiger partial charge in [-0.3, -0.25) is 20.0 Å². The van der Waals surface area contributed by atoms with Gasteiger partial charge in [0.05, 0.1) is 27.6 Å². The molecule has 0 atom stereocenters. The summed E-state index contributed by atoms with van der Waals surface area (Å²) in [6.07, 6.45) is 0. The molecule has 0 radical (unpaired) electrons. The number of rotatable bonds is 7. The highest BCUT2D eigenvalue weighted by atomic mass is 35.5.